The molecule has 1 aromatic carbocycles. The van der Waals surface area contributed by atoms with E-state index < -0.39 is 0 Å². The first-order chi connectivity index (χ1) is 7.83. The van der Waals surface area contributed by atoms with E-state index >= 15 is 0 Å². The topological polar surface area (TPSA) is 35.5 Å². The second kappa shape index (κ2) is 7.88. The second-order valence-electron chi connectivity index (χ2n) is 3.45. The van der Waals surface area contributed by atoms with Crippen molar-refractivity contribution < 1.29 is 14.3 Å². The number of esters is 1. The average molecular weight is 222 g/mol. The molecular weight excluding hydrogens is 204 g/mol. The van der Waals surface area contributed by atoms with Crippen LogP contribution in [0.1, 0.15) is 25.3 Å². The van der Waals surface area contributed by atoms with E-state index in [9.17, 15) is 4.79 Å². The van der Waals surface area contributed by atoms with Crippen LogP contribution in [-0.2, 0) is 20.9 Å². The Morgan fingerprint density at radius 3 is 2.69 bits per heavy atom. The molecule has 16 heavy (non-hydrogen) atoms. The first kappa shape index (κ1) is 12.7. The molecule has 3 nitrogen and oxygen atoms in total. The van der Waals surface area contributed by atoms with Gasteiger partial charge in [-0.3, -0.25) is 4.79 Å². The third-order valence-corrected chi connectivity index (χ3v) is 2.12. The Balaban J connectivity index is 2.11. The van der Waals surface area contributed by atoms with Crippen LogP contribution >= 0.6 is 0 Å². The third kappa shape index (κ3) is 5.51. The monoisotopic (exact) mass is 222 g/mol. The fourth-order valence-corrected chi connectivity index (χ4v) is 1.27. The maximum absolute atomic E-state index is 11.3. The Bertz CT molecular complexity index is 295. The van der Waals surface area contributed by atoms with Gasteiger partial charge >= 0.3 is 5.97 Å². The molecule has 1 aromatic rings. The fraction of sp³-hybridized carbons (Fsp3) is 0.462. The van der Waals surface area contributed by atoms with E-state index in [0.29, 0.717) is 26.2 Å². The molecule has 0 heterocycles. The summed E-state index contributed by atoms with van der Waals surface area (Å²) < 4.78 is 10.3. The molecule has 0 spiro atoms. The molecule has 0 saturated heterocycles. The molecule has 0 unspecified atom stereocenters. The summed E-state index contributed by atoms with van der Waals surface area (Å²) in [5, 5.41) is 0. The Labute approximate surface area is 96.4 Å². The zero-order chi connectivity index (χ0) is 11.6. The smallest absolute Gasteiger partial charge is 0.306 e. The van der Waals surface area contributed by atoms with Crippen LogP contribution in [0.5, 0.6) is 0 Å². The summed E-state index contributed by atoms with van der Waals surface area (Å²) in [6.45, 7) is 3.61. The minimum Gasteiger partial charge on any atom is -0.461 e. The van der Waals surface area contributed by atoms with E-state index in [-0.39, 0.29) is 5.97 Å². The molecule has 0 aliphatic carbocycles. The van der Waals surface area contributed by atoms with Crippen molar-refractivity contribution in [2.45, 2.75) is 26.4 Å². The molecule has 1 rings (SSSR count). The van der Waals surface area contributed by atoms with E-state index in [0.717, 1.165) is 12.0 Å². The normalized spacial score (nSPS) is 10.1. The highest BCUT2D eigenvalue weighted by atomic mass is 16.5. The molecule has 0 atom stereocenters. The molecule has 0 saturated carbocycles. The summed E-state index contributed by atoms with van der Waals surface area (Å²) in [4.78, 5) is 11.3. The van der Waals surface area contributed by atoms with Crippen LogP contribution in [0, 0.1) is 0 Å². The van der Waals surface area contributed by atoms with E-state index in [1.807, 2.05) is 37.3 Å². The maximum Gasteiger partial charge on any atom is 0.306 e. The Morgan fingerprint density at radius 1 is 1.25 bits per heavy atom. The van der Waals surface area contributed by atoms with Gasteiger partial charge in [0, 0.05) is 19.6 Å². The lowest BCUT2D eigenvalue weighted by Crippen LogP contribution is -2.06. The molecule has 0 N–H and O–H groups in total. The Kier molecular flexibility index (Phi) is 6.26. The van der Waals surface area contributed by atoms with Crippen LogP contribution in [0.4, 0.5) is 0 Å². The van der Waals surface area contributed by atoms with Gasteiger partial charge in [0.15, 0.2) is 0 Å². The standard InChI is InChI=1S/C13H18O3/c1-2-15-10-6-9-13(14)16-11-12-7-4-3-5-8-12/h3-5,7-8H,2,6,9-11H2,1H3. The third-order valence-electron chi connectivity index (χ3n) is 2.12. The van der Waals surface area contributed by atoms with Gasteiger partial charge in [0.25, 0.3) is 0 Å². The van der Waals surface area contributed by atoms with E-state index in [1.54, 1.807) is 0 Å². The van der Waals surface area contributed by atoms with Crippen LogP contribution in [0.3, 0.4) is 0 Å². The lowest BCUT2D eigenvalue weighted by atomic mass is 10.2. The van der Waals surface area contributed by atoms with Crippen molar-refractivity contribution in [3.05, 3.63) is 35.9 Å². The largest absolute Gasteiger partial charge is 0.461 e. The summed E-state index contributed by atoms with van der Waals surface area (Å²) in [6.07, 6.45) is 1.15. The van der Waals surface area contributed by atoms with Crippen molar-refractivity contribution in [2.24, 2.45) is 0 Å². The molecule has 0 aliphatic heterocycles. The van der Waals surface area contributed by atoms with Gasteiger partial charge in [-0.05, 0) is 18.9 Å². The van der Waals surface area contributed by atoms with Crippen molar-refractivity contribution in [2.75, 3.05) is 13.2 Å². The summed E-state index contributed by atoms with van der Waals surface area (Å²) in [6, 6.07) is 9.67. The highest BCUT2D eigenvalue weighted by Gasteiger charge is 2.02. The average Bonchev–Trinajstić information content (AvgIpc) is 2.33. The highest BCUT2D eigenvalue weighted by molar-refractivity contribution is 5.69. The van der Waals surface area contributed by atoms with Crippen LogP contribution in [0.2, 0.25) is 0 Å². The first-order valence-corrected chi connectivity index (χ1v) is 5.60. The van der Waals surface area contributed by atoms with Crippen LogP contribution < -0.4 is 0 Å². The van der Waals surface area contributed by atoms with E-state index in [1.165, 1.54) is 0 Å². The van der Waals surface area contributed by atoms with Crippen LogP contribution in [0.15, 0.2) is 30.3 Å². The van der Waals surface area contributed by atoms with E-state index in [4.69, 9.17) is 9.47 Å². The number of rotatable bonds is 7. The quantitative estimate of drug-likeness (QED) is 0.525. The van der Waals surface area contributed by atoms with Gasteiger partial charge in [-0.2, -0.15) is 0 Å². The molecule has 0 aliphatic rings. The fourth-order valence-electron chi connectivity index (χ4n) is 1.27. The number of ether oxygens (including phenoxy) is 2. The SMILES string of the molecule is CCOCCCC(=O)OCc1ccccc1. The summed E-state index contributed by atoms with van der Waals surface area (Å²) >= 11 is 0. The summed E-state index contributed by atoms with van der Waals surface area (Å²) in [5.74, 6) is -0.163. The van der Waals surface area contributed by atoms with Crippen molar-refractivity contribution in [1.82, 2.24) is 0 Å². The predicted molar refractivity (Wildman–Crippen MR) is 62.0 cm³/mol. The van der Waals surface area contributed by atoms with Gasteiger partial charge in [-0.25, -0.2) is 0 Å². The number of carbonyl (C=O) groups excluding carboxylic acids is 1. The van der Waals surface area contributed by atoms with Crippen LogP contribution in [0.25, 0.3) is 0 Å². The van der Waals surface area contributed by atoms with Gasteiger partial charge in [-0.1, -0.05) is 30.3 Å². The van der Waals surface area contributed by atoms with Crippen molar-refractivity contribution in [3.8, 4) is 0 Å². The minimum atomic E-state index is -0.163. The lowest BCUT2D eigenvalue weighted by molar-refractivity contribution is -0.145. The van der Waals surface area contributed by atoms with Crippen molar-refractivity contribution in [1.29, 1.82) is 0 Å². The lowest BCUT2D eigenvalue weighted by Gasteiger charge is -2.04. The van der Waals surface area contributed by atoms with Gasteiger partial charge in [-0.15, -0.1) is 0 Å². The van der Waals surface area contributed by atoms with Gasteiger partial charge < -0.3 is 9.47 Å². The zero-order valence-corrected chi connectivity index (χ0v) is 9.65. The highest BCUT2D eigenvalue weighted by Crippen LogP contribution is 2.02. The van der Waals surface area contributed by atoms with Gasteiger partial charge in [0.05, 0.1) is 0 Å². The summed E-state index contributed by atoms with van der Waals surface area (Å²) in [7, 11) is 0. The molecule has 3 heteroatoms. The maximum atomic E-state index is 11.3. The number of carbonyl (C=O) groups is 1. The van der Waals surface area contributed by atoms with Gasteiger partial charge in [0.1, 0.15) is 6.61 Å². The number of hydrogen-bond donors (Lipinski definition) is 0. The predicted octanol–water partition coefficient (Wildman–Crippen LogP) is 2.55. The van der Waals surface area contributed by atoms with Crippen molar-refractivity contribution in [3.63, 3.8) is 0 Å². The molecule has 88 valence electrons. The first-order valence-electron chi connectivity index (χ1n) is 5.60. The molecule has 0 radical (unpaired) electrons. The molecule has 0 amide bonds. The molecule has 0 bridgehead atoms. The summed E-state index contributed by atoms with van der Waals surface area (Å²) in [5.41, 5.74) is 1.01. The zero-order valence-electron chi connectivity index (χ0n) is 9.65. The van der Waals surface area contributed by atoms with E-state index in [2.05, 4.69) is 0 Å². The number of benzene rings is 1. The number of hydrogen-bond acceptors (Lipinski definition) is 3. The molecule has 0 fully saturated rings. The second-order valence-corrected chi connectivity index (χ2v) is 3.45. The minimum absolute atomic E-state index is 0.163. The molecule has 0 aromatic heterocycles. The Hall–Kier alpha value is -1.35. The molecular formula is C13H18O3. The van der Waals surface area contributed by atoms with Crippen LogP contribution in [-0.4, -0.2) is 19.2 Å². The van der Waals surface area contributed by atoms with Crippen molar-refractivity contribution >= 4 is 5.97 Å². The Morgan fingerprint density at radius 2 is 2.00 bits per heavy atom. The van der Waals surface area contributed by atoms with Gasteiger partial charge in [0.2, 0.25) is 0 Å².